The molecule has 0 unspecified atom stereocenters. The monoisotopic (exact) mass is 264 g/mol. The Labute approximate surface area is 109 Å². The zero-order valence-corrected chi connectivity index (χ0v) is 10.5. The molecule has 1 fully saturated rings. The Bertz CT molecular complexity index is 542. The molecule has 0 aliphatic heterocycles. The van der Waals surface area contributed by atoms with E-state index in [0.717, 1.165) is 19.3 Å². The highest BCUT2D eigenvalue weighted by Crippen LogP contribution is 2.42. The highest BCUT2D eigenvalue weighted by Gasteiger charge is 2.42. The molecule has 2 N–H and O–H groups in total. The maximum atomic E-state index is 5.81. The molecule has 0 bridgehead atoms. The number of halogens is 1. The molecule has 0 aromatic carbocycles. The minimum absolute atomic E-state index is 0.113. The molecule has 2 aromatic rings. The van der Waals surface area contributed by atoms with Crippen LogP contribution in [0.4, 0.5) is 0 Å². The third kappa shape index (κ3) is 1.79. The molecule has 94 valence electrons. The average Bonchev–Trinajstić information content (AvgIpc) is 2.79. The fraction of sp³-hybridized carbons (Fsp3) is 0.417. The van der Waals surface area contributed by atoms with Gasteiger partial charge in [0.2, 0.25) is 11.7 Å². The van der Waals surface area contributed by atoms with Gasteiger partial charge >= 0.3 is 0 Å². The smallest absolute Gasteiger partial charge is 0.234 e. The Morgan fingerprint density at radius 1 is 1.39 bits per heavy atom. The standard InChI is InChI=1S/C12H13ClN4O/c13-8-2-3-9(15-6-8)10-16-11(18-17-10)12(7-14)4-1-5-12/h2-3,6H,1,4-5,7,14H2. The Kier molecular flexibility index (Phi) is 2.80. The second kappa shape index (κ2) is 4.33. The molecule has 1 aliphatic carbocycles. The molecular weight excluding hydrogens is 252 g/mol. The first-order chi connectivity index (χ1) is 8.73. The SMILES string of the molecule is NCC1(c2nc(-c3ccc(Cl)cn3)no2)CCC1. The van der Waals surface area contributed by atoms with Crippen molar-refractivity contribution in [3.63, 3.8) is 0 Å². The van der Waals surface area contributed by atoms with Crippen molar-refractivity contribution in [2.24, 2.45) is 5.73 Å². The van der Waals surface area contributed by atoms with E-state index in [1.807, 2.05) is 0 Å². The predicted molar refractivity (Wildman–Crippen MR) is 67.1 cm³/mol. The molecule has 2 heterocycles. The van der Waals surface area contributed by atoms with E-state index in [1.165, 1.54) is 0 Å². The first-order valence-electron chi connectivity index (χ1n) is 5.90. The molecule has 1 aliphatic rings. The highest BCUT2D eigenvalue weighted by atomic mass is 35.5. The summed E-state index contributed by atoms with van der Waals surface area (Å²) in [7, 11) is 0. The summed E-state index contributed by atoms with van der Waals surface area (Å²) in [5.74, 6) is 1.12. The molecule has 18 heavy (non-hydrogen) atoms. The number of hydrogen-bond donors (Lipinski definition) is 1. The minimum Gasteiger partial charge on any atom is -0.338 e. The quantitative estimate of drug-likeness (QED) is 0.919. The van der Waals surface area contributed by atoms with Crippen LogP contribution in [0.25, 0.3) is 11.5 Å². The van der Waals surface area contributed by atoms with Gasteiger partial charge in [0.1, 0.15) is 5.69 Å². The van der Waals surface area contributed by atoms with Crippen LogP contribution in [0.3, 0.4) is 0 Å². The molecule has 0 atom stereocenters. The van der Waals surface area contributed by atoms with E-state index in [-0.39, 0.29) is 5.41 Å². The second-order valence-electron chi connectivity index (χ2n) is 4.62. The third-order valence-electron chi connectivity index (χ3n) is 3.54. The second-order valence-corrected chi connectivity index (χ2v) is 5.06. The van der Waals surface area contributed by atoms with Crippen LogP contribution >= 0.6 is 11.6 Å². The summed E-state index contributed by atoms with van der Waals surface area (Å²) >= 11 is 5.79. The van der Waals surface area contributed by atoms with Gasteiger partial charge in [0.15, 0.2) is 0 Å². The molecule has 1 saturated carbocycles. The molecule has 2 aromatic heterocycles. The molecule has 3 rings (SSSR count). The summed E-state index contributed by atoms with van der Waals surface area (Å²) in [6, 6.07) is 3.52. The van der Waals surface area contributed by atoms with E-state index in [4.69, 9.17) is 21.9 Å². The van der Waals surface area contributed by atoms with Crippen molar-refractivity contribution in [2.75, 3.05) is 6.54 Å². The maximum Gasteiger partial charge on any atom is 0.234 e. The highest BCUT2D eigenvalue weighted by molar-refractivity contribution is 6.30. The summed E-state index contributed by atoms with van der Waals surface area (Å²) in [6.07, 6.45) is 4.75. The van der Waals surface area contributed by atoms with Gasteiger partial charge in [-0.25, -0.2) is 0 Å². The van der Waals surface area contributed by atoms with Crippen molar-refractivity contribution in [2.45, 2.75) is 24.7 Å². The Morgan fingerprint density at radius 2 is 2.22 bits per heavy atom. The lowest BCUT2D eigenvalue weighted by Gasteiger charge is -2.36. The Morgan fingerprint density at radius 3 is 2.78 bits per heavy atom. The Balaban J connectivity index is 1.91. The van der Waals surface area contributed by atoms with Crippen molar-refractivity contribution in [3.05, 3.63) is 29.2 Å². The number of hydrogen-bond acceptors (Lipinski definition) is 5. The van der Waals surface area contributed by atoms with Gasteiger partial charge < -0.3 is 10.3 Å². The van der Waals surface area contributed by atoms with Crippen LogP contribution in [0.15, 0.2) is 22.9 Å². The lowest BCUT2D eigenvalue weighted by atomic mass is 9.69. The van der Waals surface area contributed by atoms with E-state index in [0.29, 0.717) is 29.0 Å². The minimum atomic E-state index is -0.113. The molecule has 0 amide bonds. The van der Waals surface area contributed by atoms with Gasteiger partial charge in [0.05, 0.1) is 10.4 Å². The third-order valence-corrected chi connectivity index (χ3v) is 3.76. The maximum absolute atomic E-state index is 5.81. The molecule has 6 heteroatoms. The summed E-state index contributed by atoms with van der Waals surface area (Å²) in [4.78, 5) is 8.58. The van der Waals surface area contributed by atoms with Gasteiger partial charge in [-0.05, 0) is 25.0 Å². The van der Waals surface area contributed by atoms with Crippen LogP contribution in [0.2, 0.25) is 5.02 Å². The lowest BCUT2D eigenvalue weighted by Crippen LogP contribution is -2.41. The van der Waals surface area contributed by atoms with E-state index in [2.05, 4.69) is 15.1 Å². The number of aromatic nitrogens is 3. The van der Waals surface area contributed by atoms with Crippen LogP contribution in [0.1, 0.15) is 25.2 Å². The van der Waals surface area contributed by atoms with E-state index < -0.39 is 0 Å². The van der Waals surface area contributed by atoms with Crippen molar-refractivity contribution >= 4 is 11.6 Å². The van der Waals surface area contributed by atoms with Gasteiger partial charge in [-0.1, -0.05) is 23.2 Å². The molecule has 0 saturated heterocycles. The summed E-state index contributed by atoms with van der Waals surface area (Å²) in [5, 5.41) is 4.55. The van der Waals surface area contributed by atoms with Gasteiger partial charge in [0.25, 0.3) is 0 Å². The summed E-state index contributed by atoms with van der Waals surface area (Å²) in [6.45, 7) is 0.544. The lowest BCUT2D eigenvalue weighted by molar-refractivity contribution is 0.182. The molecule has 0 radical (unpaired) electrons. The van der Waals surface area contributed by atoms with Crippen molar-refractivity contribution < 1.29 is 4.52 Å². The fourth-order valence-electron chi connectivity index (χ4n) is 2.16. The topological polar surface area (TPSA) is 77.8 Å². The molecular formula is C12H13ClN4O. The zero-order chi connectivity index (χ0) is 12.6. The number of rotatable bonds is 3. The van der Waals surface area contributed by atoms with Crippen LogP contribution in [-0.4, -0.2) is 21.7 Å². The van der Waals surface area contributed by atoms with Gasteiger partial charge in [0, 0.05) is 12.7 Å². The number of nitrogens with zero attached hydrogens (tertiary/aromatic N) is 3. The first-order valence-corrected chi connectivity index (χ1v) is 6.27. The Hall–Kier alpha value is -1.46. The van der Waals surface area contributed by atoms with Gasteiger partial charge in [-0.2, -0.15) is 4.98 Å². The average molecular weight is 265 g/mol. The van der Waals surface area contributed by atoms with E-state index in [9.17, 15) is 0 Å². The van der Waals surface area contributed by atoms with E-state index >= 15 is 0 Å². The summed E-state index contributed by atoms with van der Waals surface area (Å²) < 4.78 is 5.33. The normalized spacial score (nSPS) is 17.4. The first kappa shape index (κ1) is 11.6. The summed E-state index contributed by atoms with van der Waals surface area (Å²) in [5.41, 5.74) is 6.35. The van der Waals surface area contributed by atoms with Crippen LogP contribution in [0, 0.1) is 0 Å². The fourth-order valence-corrected chi connectivity index (χ4v) is 2.27. The van der Waals surface area contributed by atoms with E-state index in [1.54, 1.807) is 18.3 Å². The van der Waals surface area contributed by atoms with Gasteiger partial charge in [-0.15, -0.1) is 0 Å². The van der Waals surface area contributed by atoms with Crippen molar-refractivity contribution in [3.8, 4) is 11.5 Å². The van der Waals surface area contributed by atoms with Crippen molar-refractivity contribution in [1.82, 2.24) is 15.1 Å². The molecule has 5 nitrogen and oxygen atoms in total. The van der Waals surface area contributed by atoms with Crippen LogP contribution in [-0.2, 0) is 5.41 Å². The van der Waals surface area contributed by atoms with Gasteiger partial charge in [-0.3, -0.25) is 4.98 Å². The largest absolute Gasteiger partial charge is 0.338 e. The van der Waals surface area contributed by atoms with Crippen LogP contribution < -0.4 is 5.73 Å². The zero-order valence-electron chi connectivity index (χ0n) is 9.77. The number of nitrogens with two attached hydrogens (primary N) is 1. The predicted octanol–water partition coefficient (Wildman–Crippen LogP) is 2.17. The number of pyridine rings is 1. The van der Waals surface area contributed by atoms with Crippen molar-refractivity contribution in [1.29, 1.82) is 0 Å². The molecule has 0 spiro atoms. The van der Waals surface area contributed by atoms with Crippen LogP contribution in [0.5, 0.6) is 0 Å².